The lowest BCUT2D eigenvalue weighted by Gasteiger charge is -2.21. The van der Waals surface area contributed by atoms with E-state index < -0.39 is 36.3 Å². The lowest BCUT2D eigenvalue weighted by atomic mass is 10.0. The van der Waals surface area contributed by atoms with Crippen LogP contribution in [0.25, 0.3) is 33.3 Å². The normalized spacial score (nSPS) is 18.4. The van der Waals surface area contributed by atoms with E-state index >= 15 is 0 Å². The number of aromatic nitrogens is 3. The fraction of sp³-hybridized carbons (Fsp3) is 0.290. The van der Waals surface area contributed by atoms with Gasteiger partial charge in [-0.05, 0) is 44.2 Å². The Morgan fingerprint density at radius 1 is 1.07 bits per heavy atom. The lowest BCUT2D eigenvalue weighted by molar-refractivity contribution is -0.0459. The predicted molar refractivity (Wildman–Crippen MR) is 157 cm³/mol. The van der Waals surface area contributed by atoms with Gasteiger partial charge in [0.15, 0.2) is 16.8 Å². The molecule has 3 heterocycles. The fourth-order valence-electron chi connectivity index (χ4n) is 5.30. The maximum absolute atomic E-state index is 12.9. The zero-order chi connectivity index (χ0) is 29.5. The van der Waals surface area contributed by atoms with E-state index in [1.54, 1.807) is 18.2 Å². The van der Waals surface area contributed by atoms with Crippen molar-refractivity contribution in [3.05, 3.63) is 90.8 Å². The molecule has 3 aliphatic rings. The predicted octanol–water partition coefficient (Wildman–Crippen LogP) is 2.18. The van der Waals surface area contributed by atoms with Crippen molar-refractivity contribution >= 4 is 27.6 Å². The molecule has 42 heavy (non-hydrogen) atoms. The van der Waals surface area contributed by atoms with Crippen LogP contribution in [0.4, 0.5) is 5.69 Å². The summed E-state index contributed by atoms with van der Waals surface area (Å²) in [5.74, 6) is 6.08. The molecule has 2 aliphatic heterocycles. The summed E-state index contributed by atoms with van der Waals surface area (Å²) in [6, 6.07) is 12.3. The van der Waals surface area contributed by atoms with Gasteiger partial charge < -0.3 is 24.3 Å². The highest BCUT2D eigenvalue weighted by Crippen LogP contribution is 2.32. The molecule has 3 aromatic rings. The van der Waals surface area contributed by atoms with Crippen LogP contribution in [0.2, 0.25) is 0 Å². The van der Waals surface area contributed by atoms with Crippen molar-refractivity contribution in [2.45, 2.75) is 38.7 Å². The Hall–Kier alpha value is -4.76. The first-order valence-corrected chi connectivity index (χ1v) is 13.7. The summed E-state index contributed by atoms with van der Waals surface area (Å²) in [6.07, 6.45) is -1.30. The van der Waals surface area contributed by atoms with Gasteiger partial charge in [-0.25, -0.2) is 9.78 Å². The average Bonchev–Trinajstić information content (AvgIpc) is 3.36. The topological polar surface area (TPSA) is 151 Å². The van der Waals surface area contributed by atoms with Crippen molar-refractivity contribution in [3.63, 3.8) is 0 Å². The number of ether oxygens (including phenoxy) is 1. The van der Waals surface area contributed by atoms with E-state index in [4.69, 9.17) is 14.1 Å². The van der Waals surface area contributed by atoms with Crippen LogP contribution in [-0.2, 0) is 4.74 Å². The van der Waals surface area contributed by atoms with Gasteiger partial charge in [-0.2, -0.15) is 0 Å². The second kappa shape index (κ2) is 10.9. The minimum absolute atomic E-state index is 0.00537. The molecule has 6 rings (SSSR count). The molecule has 0 unspecified atom stereocenters. The number of hydrogen-bond acceptors (Lipinski definition) is 9. The molecular formula is C31H28N4O7. The Morgan fingerprint density at radius 2 is 1.88 bits per heavy atom. The fourth-order valence-corrected chi connectivity index (χ4v) is 5.30. The van der Waals surface area contributed by atoms with Crippen LogP contribution >= 0.6 is 0 Å². The van der Waals surface area contributed by atoms with Crippen LogP contribution in [0, 0.1) is 11.8 Å². The van der Waals surface area contributed by atoms with E-state index in [0.29, 0.717) is 38.9 Å². The molecule has 0 spiro atoms. The highest BCUT2D eigenvalue weighted by Gasteiger charge is 2.35. The van der Waals surface area contributed by atoms with Crippen LogP contribution in [0.3, 0.4) is 0 Å². The standard InChI is InChI=1S/C31H28N4O7/c1-3-34(4-2)19-8-10-22-25(12-19)41-26-13-23(37)20-9-6-17(11-21(20)29(26)32-22)5-7-18-15-35(31(40)33-30(18)39)28-14-24(38)27(16-36)42-28/h6,8-13,15,24,27-28,36,38H,3-4,14,16H2,1-2H3,(H,33,39,40)/t24-,27-,28-/m1/s1. The molecule has 0 radical (unpaired) electrons. The van der Waals surface area contributed by atoms with E-state index in [-0.39, 0.29) is 17.4 Å². The number of aliphatic hydroxyl groups is 2. The number of H-pyrrole nitrogens is 1. The van der Waals surface area contributed by atoms with Crippen molar-refractivity contribution in [2.24, 2.45) is 0 Å². The third kappa shape index (κ3) is 4.86. The van der Waals surface area contributed by atoms with E-state index in [1.165, 1.54) is 12.3 Å². The first-order valence-electron chi connectivity index (χ1n) is 13.7. The third-order valence-corrected chi connectivity index (χ3v) is 7.56. The Morgan fingerprint density at radius 3 is 2.62 bits per heavy atom. The highest BCUT2D eigenvalue weighted by atomic mass is 16.5. The summed E-state index contributed by atoms with van der Waals surface area (Å²) in [7, 11) is 0. The van der Waals surface area contributed by atoms with Crippen LogP contribution in [0.1, 0.15) is 37.6 Å². The van der Waals surface area contributed by atoms with Crippen molar-refractivity contribution in [1.29, 1.82) is 0 Å². The Bertz CT molecular complexity index is 2030. The minimum atomic E-state index is -0.950. The zero-order valence-electron chi connectivity index (χ0n) is 23.0. The molecule has 3 N–H and O–H groups in total. The summed E-state index contributed by atoms with van der Waals surface area (Å²) >= 11 is 0. The number of rotatable bonds is 5. The largest absolute Gasteiger partial charge is 0.453 e. The van der Waals surface area contributed by atoms with Gasteiger partial charge in [0.05, 0.1) is 12.7 Å². The number of nitrogens with one attached hydrogen (secondary N) is 1. The zero-order valence-corrected chi connectivity index (χ0v) is 23.0. The summed E-state index contributed by atoms with van der Waals surface area (Å²) < 4.78 is 12.8. The minimum Gasteiger partial charge on any atom is -0.453 e. The van der Waals surface area contributed by atoms with Crippen molar-refractivity contribution in [2.75, 3.05) is 24.6 Å². The Kier molecular flexibility index (Phi) is 7.12. The number of anilines is 1. The summed E-state index contributed by atoms with van der Waals surface area (Å²) in [4.78, 5) is 47.1. The SMILES string of the molecule is CCN(CC)c1ccc2nc3c4cc(C#Cc5cn([C@H]6C[C@@H](O)[C@@H](CO)O6)c(=O)[nH]c5=O)ccc4c(=O)cc-3oc2c1. The average molecular weight is 569 g/mol. The molecule has 1 saturated heterocycles. The third-order valence-electron chi connectivity index (χ3n) is 7.56. The molecule has 2 aromatic carbocycles. The number of aliphatic hydroxyl groups excluding tert-OH is 2. The molecule has 0 saturated carbocycles. The van der Waals surface area contributed by atoms with Gasteiger partial charge in [0, 0.05) is 59.9 Å². The quantitative estimate of drug-likeness (QED) is 0.165. The van der Waals surface area contributed by atoms with Gasteiger partial charge in [-0.3, -0.25) is 19.1 Å². The summed E-state index contributed by atoms with van der Waals surface area (Å²) in [6.45, 7) is 5.44. The van der Waals surface area contributed by atoms with Crippen molar-refractivity contribution < 1.29 is 19.4 Å². The molecule has 0 bridgehead atoms. The maximum Gasteiger partial charge on any atom is 0.330 e. The lowest BCUT2D eigenvalue weighted by Crippen LogP contribution is -2.33. The molecule has 1 aliphatic carbocycles. The Balaban J connectivity index is 1.41. The maximum atomic E-state index is 12.9. The van der Waals surface area contributed by atoms with Gasteiger partial charge >= 0.3 is 5.69 Å². The number of fused-ring (bicyclic) bond motifs is 4. The van der Waals surface area contributed by atoms with Crippen molar-refractivity contribution in [1.82, 2.24) is 14.5 Å². The second-order valence-corrected chi connectivity index (χ2v) is 10.1. The first-order chi connectivity index (χ1) is 20.3. The molecule has 11 nitrogen and oxygen atoms in total. The summed E-state index contributed by atoms with van der Waals surface area (Å²) in [5, 5.41) is 20.4. The smallest absolute Gasteiger partial charge is 0.330 e. The number of aromatic amines is 1. The van der Waals surface area contributed by atoms with Crippen LogP contribution in [-0.4, -0.2) is 56.7 Å². The van der Waals surface area contributed by atoms with Gasteiger partial charge in [0.1, 0.15) is 29.1 Å². The monoisotopic (exact) mass is 568 g/mol. The molecule has 1 aromatic heterocycles. The molecule has 11 heteroatoms. The van der Waals surface area contributed by atoms with Crippen LogP contribution in [0.15, 0.2) is 67.5 Å². The molecule has 0 amide bonds. The van der Waals surface area contributed by atoms with Gasteiger partial charge in [0.25, 0.3) is 5.56 Å². The Labute approximate surface area is 239 Å². The second-order valence-electron chi connectivity index (χ2n) is 10.1. The van der Waals surface area contributed by atoms with Crippen LogP contribution < -0.4 is 21.6 Å². The van der Waals surface area contributed by atoms with Gasteiger partial charge in [0.2, 0.25) is 0 Å². The van der Waals surface area contributed by atoms with E-state index in [2.05, 4.69) is 35.6 Å². The number of hydrogen-bond donors (Lipinski definition) is 3. The van der Waals surface area contributed by atoms with E-state index in [9.17, 15) is 24.6 Å². The summed E-state index contributed by atoms with van der Waals surface area (Å²) in [5.41, 5.74) is 1.64. The number of benzene rings is 3. The van der Waals surface area contributed by atoms with Crippen LogP contribution in [0.5, 0.6) is 0 Å². The molecule has 214 valence electrons. The molecule has 1 fully saturated rings. The van der Waals surface area contributed by atoms with Gasteiger partial charge in [-0.15, -0.1) is 0 Å². The van der Waals surface area contributed by atoms with E-state index in [1.807, 2.05) is 18.2 Å². The van der Waals surface area contributed by atoms with Gasteiger partial charge in [-0.1, -0.05) is 11.8 Å². The highest BCUT2D eigenvalue weighted by molar-refractivity contribution is 5.97. The van der Waals surface area contributed by atoms with Crippen molar-refractivity contribution in [3.8, 4) is 23.3 Å². The molecule has 3 atom stereocenters. The molecular weight excluding hydrogens is 540 g/mol. The van der Waals surface area contributed by atoms with E-state index in [0.717, 1.165) is 23.3 Å². The first kappa shape index (κ1) is 27.4. The number of nitrogens with zero attached hydrogens (tertiary/aromatic N) is 3.